The van der Waals surface area contributed by atoms with Crippen LogP contribution in [0, 0.1) is 11.8 Å². The van der Waals surface area contributed by atoms with Crippen molar-refractivity contribution in [2.75, 3.05) is 13.2 Å². The number of aliphatic hydroxyl groups is 4. The minimum absolute atomic E-state index is 0.108. The molecule has 12 nitrogen and oxygen atoms in total. The van der Waals surface area contributed by atoms with Crippen LogP contribution in [-0.4, -0.2) is 93.8 Å². The Labute approximate surface area is 211 Å². The van der Waals surface area contributed by atoms with Gasteiger partial charge >= 0.3 is 11.9 Å². The Balaban J connectivity index is 1.26. The Hall–Kier alpha value is -3.00. The van der Waals surface area contributed by atoms with Crippen molar-refractivity contribution >= 4 is 11.9 Å². The zero-order valence-corrected chi connectivity index (χ0v) is 19.6. The van der Waals surface area contributed by atoms with E-state index in [0.29, 0.717) is 17.6 Å². The molecule has 9 atom stereocenters. The van der Waals surface area contributed by atoms with E-state index in [1.54, 1.807) is 18.2 Å². The molecule has 0 radical (unpaired) electrons. The number of carbonyl (C=O) groups excluding carboxylic acids is 2. The van der Waals surface area contributed by atoms with Crippen LogP contribution in [0.2, 0.25) is 0 Å². The van der Waals surface area contributed by atoms with Crippen LogP contribution in [0.15, 0.2) is 47.7 Å². The number of carbonyl (C=O) groups is 2. The smallest absolute Gasteiger partial charge is 0.338 e. The van der Waals surface area contributed by atoms with Crippen LogP contribution in [0.3, 0.4) is 0 Å². The zero-order valence-electron chi connectivity index (χ0n) is 19.6. The van der Waals surface area contributed by atoms with Gasteiger partial charge in [0.1, 0.15) is 42.9 Å². The van der Waals surface area contributed by atoms with Crippen LogP contribution in [0.4, 0.5) is 0 Å². The third-order valence-corrected chi connectivity index (χ3v) is 7.08. The number of aromatic hydroxyl groups is 1. The molecule has 12 heteroatoms. The fourth-order valence-corrected chi connectivity index (χ4v) is 5.08. The lowest BCUT2D eigenvalue weighted by molar-refractivity contribution is -0.339. The van der Waals surface area contributed by atoms with Crippen molar-refractivity contribution in [3.63, 3.8) is 0 Å². The molecular weight excluding hydrogens is 492 g/mol. The lowest BCUT2D eigenvalue weighted by Gasteiger charge is -2.42. The van der Waals surface area contributed by atoms with E-state index in [0.717, 1.165) is 5.56 Å². The quantitative estimate of drug-likeness (QED) is 0.209. The van der Waals surface area contributed by atoms with Crippen LogP contribution in [0.5, 0.6) is 5.75 Å². The van der Waals surface area contributed by atoms with Gasteiger partial charge in [-0.15, -0.1) is 0 Å². The molecule has 1 aromatic rings. The van der Waals surface area contributed by atoms with Gasteiger partial charge in [0.05, 0.1) is 24.4 Å². The van der Waals surface area contributed by atoms with Crippen LogP contribution in [0.1, 0.15) is 12.0 Å². The maximum atomic E-state index is 12.4. The van der Waals surface area contributed by atoms with Gasteiger partial charge in [0.2, 0.25) is 6.29 Å². The predicted octanol–water partition coefficient (Wildman–Crippen LogP) is -0.977. The summed E-state index contributed by atoms with van der Waals surface area (Å²) in [5, 5.41) is 49.3. The molecule has 1 aliphatic carbocycles. The Morgan fingerprint density at radius 2 is 1.76 bits per heavy atom. The highest BCUT2D eigenvalue weighted by molar-refractivity contribution is 5.92. The van der Waals surface area contributed by atoms with Crippen LogP contribution in [0.25, 0.3) is 0 Å². The summed E-state index contributed by atoms with van der Waals surface area (Å²) in [6.45, 7) is -0.739. The minimum Gasteiger partial charge on any atom is -0.508 e. The maximum Gasteiger partial charge on any atom is 0.338 e. The number of hydrogen-bond donors (Lipinski definition) is 5. The number of benzene rings is 1. The lowest BCUT2D eigenvalue weighted by Crippen LogP contribution is -2.60. The normalized spacial score (nSPS) is 36.2. The Morgan fingerprint density at radius 1 is 1.00 bits per heavy atom. The third kappa shape index (κ3) is 4.96. The summed E-state index contributed by atoms with van der Waals surface area (Å²) in [7, 11) is 0. The molecule has 9 unspecified atom stereocenters. The summed E-state index contributed by atoms with van der Waals surface area (Å²) < 4.78 is 27.8. The van der Waals surface area contributed by atoms with E-state index in [1.807, 2.05) is 0 Å². The van der Waals surface area contributed by atoms with E-state index in [1.165, 1.54) is 18.4 Å². The fraction of sp³-hybridized carbons (Fsp3) is 0.520. The van der Waals surface area contributed by atoms with Crippen molar-refractivity contribution in [3.05, 3.63) is 53.3 Å². The monoisotopic (exact) mass is 520 g/mol. The Bertz CT molecular complexity index is 1080. The van der Waals surface area contributed by atoms with E-state index in [2.05, 4.69) is 0 Å². The zero-order chi connectivity index (χ0) is 26.3. The molecule has 4 aliphatic rings. The molecule has 5 rings (SSSR count). The van der Waals surface area contributed by atoms with Gasteiger partial charge in [-0.2, -0.15) is 0 Å². The van der Waals surface area contributed by atoms with E-state index < -0.39 is 73.5 Å². The minimum atomic E-state index is -1.64. The van der Waals surface area contributed by atoms with Crippen molar-refractivity contribution < 1.29 is 58.8 Å². The van der Waals surface area contributed by atoms with E-state index in [4.69, 9.17) is 23.7 Å². The second-order valence-corrected chi connectivity index (χ2v) is 9.40. The highest BCUT2D eigenvalue weighted by atomic mass is 16.8. The molecule has 3 aliphatic heterocycles. The van der Waals surface area contributed by atoms with Gasteiger partial charge < -0.3 is 49.2 Å². The Kier molecular flexibility index (Phi) is 7.21. The van der Waals surface area contributed by atoms with Gasteiger partial charge in [-0.25, -0.2) is 4.79 Å². The molecule has 3 heterocycles. The van der Waals surface area contributed by atoms with Crippen molar-refractivity contribution in [2.24, 2.45) is 11.8 Å². The van der Waals surface area contributed by atoms with Gasteiger partial charge in [-0.3, -0.25) is 4.79 Å². The van der Waals surface area contributed by atoms with E-state index >= 15 is 0 Å². The molecule has 0 spiro atoms. The molecule has 37 heavy (non-hydrogen) atoms. The first kappa shape index (κ1) is 25.6. The highest BCUT2D eigenvalue weighted by Gasteiger charge is 2.56. The summed E-state index contributed by atoms with van der Waals surface area (Å²) in [4.78, 5) is 24.6. The number of aryl methyl sites for hydroxylation is 1. The average Bonchev–Trinajstić information content (AvgIpc) is 3.41. The number of aliphatic hydroxyl groups excluding tert-OH is 4. The van der Waals surface area contributed by atoms with Crippen LogP contribution < -0.4 is 0 Å². The topological polar surface area (TPSA) is 181 Å². The highest BCUT2D eigenvalue weighted by Crippen LogP contribution is 2.49. The summed E-state index contributed by atoms with van der Waals surface area (Å²) in [5.41, 5.74) is 1.74. The molecule has 2 fully saturated rings. The third-order valence-electron chi connectivity index (χ3n) is 7.08. The molecule has 2 saturated heterocycles. The van der Waals surface area contributed by atoms with E-state index in [-0.39, 0.29) is 18.8 Å². The number of esters is 2. The molecule has 0 amide bonds. The average molecular weight is 520 g/mol. The summed E-state index contributed by atoms with van der Waals surface area (Å²) in [6, 6.07) is 6.50. The van der Waals surface area contributed by atoms with Crippen molar-refractivity contribution in [2.45, 2.75) is 55.9 Å². The molecule has 0 aromatic heterocycles. The number of rotatable bonds is 8. The SMILES string of the molecule is O=C(CCc1ccc(O)cc1)OCC1=CC2OC(=O)C3=COC(OC4OC(CO)C(O)C(O)C4O)C1C32. The van der Waals surface area contributed by atoms with Gasteiger partial charge in [-0.1, -0.05) is 12.1 Å². The first-order chi connectivity index (χ1) is 17.8. The van der Waals surface area contributed by atoms with Crippen LogP contribution >= 0.6 is 0 Å². The van der Waals surface area contributed by atoms with Gasteiger partial charge in [0, 0.05) is 12.3 Å². The first-order valence-corrected chi connectivity index (χ1v) is 11.9. The Morgan fingerprint density at radius 3 is 2.49 bits per heavy atom. The molecule has 5 N–H and O–H groups in total. The molecule has 1 aromatic carbocycles. The van der Waals surface area contributed by atoms with Crippen LogP contribution in [-0.2, 0) is 39.7 Å². The second kappa shape index (κ2) is 10.4. The predicted molar refractivity (Wildman–Crippen MR) is 120 cm³/mol. The number of hydrogen-bond acceptors (Lipinski definition) is 12. The second-order valence-electron chi connectivity index (χ2n) is 9.40. The standard InChI is InChI=1S/C25H28O12/c26-8-16-20(29)21(30)22(31)25(36-16)37-24-18-12(7-15-19(18)14(10-34-24)23(32)35-15)9-33-17(28)6-3-11-1-4-13(27)5-2-11/h1-2,4-5,7,10,15-16,18-22,24-27,29-31H,3,6,8-9H2. The molecule has 0 bridgehead atoms. The van der Waals surface area contributed by atoms with Gasteiger partial charge in [-0.05, 0) is 35.8 Å². The van der Waals surface area contributed by atoms with Crippen molar-refractivity contribution in [3.8, 4) is 5.75 Å². The lowest BCUT2D eigenvalue weighted by atomic mass is 9.84. The van der Waals surface area contributed by atoms with Crippen molar-refractivity contribution in [1.29, 1.82) is 0 Å². The fourth-order valence-electron chi connectivity index (χ4n) is 5.08. The number of phenolic OH excluding ortho intramolecular Hbond substituents is 1. The molecule has 0 saturated carbocycles. The summed E-state index contributed by atoms with van der Waals surface area (Å²) in [5.74, 6) is -1.96. The molecule has 200 valence electrons. The largest absolute Gasteiger partial charge is 0.508 e. The molecular formula is C25H28O12. The van der Waals surface area contributed by atoms with E-state index in [9.17, 15) is 35.1 Å². The number of ether oxygens (including phenoxy) is 5. The maximum absolute atomic E-state index is 12.4. The number of phenols is 1. The summed E-state index contributed by atoms with van der Waals surface area (Å²) >= 11 is 0. The first-order valence-electron chi connectivity index (χ1n) is 11.9. The van der Waals surface area contributed by atoms with Crippen molar-refractivity contribution in [1.82, 2.24) is 0 Å². The van der Waals surface area contributed by atoms with Gasteiger partial charge in [0.25, 0.3) is 0 Å². The summed E-state index contributed by atoms with van der Waals surface area (Å²) in [6.07, 6.45) is -5.75. The van der Waals surface area contributed by atoms with Gasteiger partial charge in [0.15, 0.2) is 6.29 Å².